The van der Waals surface area contributed by atoms with Gasteiger partial charge in [0.1, 0.15) is 17.3 Å². The van der Waals surface area contributed by atoms with Gasteiger partial charge >= 0.3 is 0 Å². The summed E-state index contributed by atoms with van der Waals surface area (Å²) in [5, 5.41) is 7.40. The molecule has 1 rings (SSSR count). The van der Waals surface area contributed by atoms with Crippen molar-refractivity contribution < 1.29 is 13.6 Å². The van der Waals surface area contributed by atoms with Crippen molar-refractivity contribution >= 4 is 16.8 Å². The summed E-state index contributed by atoms with van der Waals surface area (Å²) < 4.78 is 24.6. The van der Waals surface area contributed by atoms with Crippen molar-refractivity contribution in [3.63, 3.8) is 0 Å². The van der Waals surface area contributed by atoms with Gasteiger partial charge in [0.15, 0.2) is 0 Å². The summed E-state index contributed by atoms with van der Waals surface area (Å²) in [6.07, 6.45) is -2.99. The highest BCUT2D eigenvalue weighted by Gasteiger charge is 2.18. The summed E-state index contributed by atoms with van der Waals surface area (Å²) in [5.74, 6) is 0. The highest BCUT2D eigenvalue weighted by molar-refractivity contribution is 6.67. The van der Waals surface area contributed by atoms with E-state index in [1.807, 2.05) is 0 Å². The third-order valence-electron chi connectivity index (χ3n) is 1.62. The lowest BCUT2D eigenvalue weighted by Gasteiger charge is -2.02. The van der Waals surface area contributed by atoms with Crippen LogP contribution in [0.4, 0.5) is 8.78 Å². The van der Waals surface area contributed by atoms with E-state index >= 15 is 0 Å². The molecular weight excluding hydrogens is 230 g/mol. The lowest BCUT2D eigenvalue weighted by Crippen LogP contribution is -2.18. The van der Waals surface area contributed by atoms with Crippen molar-refractivity contribution in [2.24, 2.45) is 0 Å². The average Bonchev–Trinajstić information content (AvgIpc) is 2.16. The Balaban J connectivity index is 3.51. The van der Waals surface area contributed by atoms with Gasteiger partial charge in [-0.25, -0.2) is 8.78 Å². The molecule has 7 heteroatoms. The predicted molar refractivity (Wildman–Crippen MR) is 46.9 cm³/mol. The SMILES string of the molecule is N#Cc1cc(C(=O)Cl)c(=O)[nH]c1C(F)F. The Labute approximate surface area is 87.1 Å². The number of hydrogen-bond acceptors (Lipinski definition) is 3. The number of carbonyl (C=O) groups is 1. The molecule has 0 saturated heterocycles. The van der Waals surface area contributed by atoms with Crippen LogP contribution in [0.3, 0.4) is 0 Å². The van der Waals surface area contributed by atoms with Crippen LogP contribution in [0.1, 0.15) is 28.0 Å². The van der Waals surface area contributed by atoms with E-state index in [9.17, 15) is 18.4 Å². The van der Waals surface area contributed by atoms with Crippen LogP contribution in [0, 0.1) is 11.3 Å². The van der Waals surface area contributed by atoms with Gasteiger partial charge in [0.25, 0.3) is 17.2 Å². The smallest absolute Gasteiger partial charge is 0.279 e. The van der Waals surface area contributed by atoms with E-state index in [1.54, 1.807) is 4.98 Å². The van der Waals surface area contributed by atoms with E-state index in [0.717, 1.165) is 6.07 Å². The minimum absolute atomic E-state index is 0.478. The Bertz CT molecular complexity index is 504. The standard InChI is InChI=1S/C8H3ClF2N2O2/c9-6(14)4-1-3(2-12)5(7(10)11)13-8(4)15/h1,7H,(H,13,15). The number of aromatic amines is 1. The van der Waals surface area contributed by atoms with Crippen molar-refractivity contribution in [2.75, 3.05) is 0 Å². The van der Waals surface area contributed by atoms with Gasteiger partial charge in [0.05, 0.1) is 5.56 Å². The molecule has 0 radical (unpaired) electrons. The number of carbonyl (C=O) groups excluding carboxylic acids is 1. The largest absolute Gasteiger partial charge is 0.319 e. The number of alkyl halides is 2. The van der Waals surface area contributed by atoms with E-state index in [4.69, 9.17) is 16.9 Å². The number of hydrogen-bond donors (Lipinski definition) is 1. The molecule has 15 heavy (non-hydrogen) atoms. The van der Waals surface area contributed by atoms with E-state index in [-0.39, 0.29) is 0 Å². The van der Waals surface area contributed by atoms with Gasteiger partial charge < -0.3 is 4.98 Å². The zero-order valence-electron chi connectivity index (χ0n) is 7.05. The summed E-state index contributed by atoms with van der Waals surface area (Å²) >= 11 is 5.01. The van der Waals surface area contributed by atoms with E-state index in [2.05, 4.69) is 0 Å². The molecule has 0 fully saturated rings. The Morgan fingerprint density at radius 3 is 2.60 bits per heavy atom. The highest BCUT2D eigenvalue weighted by atomic mass is 35.5. The maximum absolute atomic E-state index is 12.3. The minimum Gasteiger partial charge on any atom is -0.319 e. The molecule has 78 valence electrons. The van der Waals surface area contributed by atoms with Crippen molar-refractivity contribution in [3.8, 4) is 6.07 Å². The van der Waals surface area contributed by atoms with E-state index < -0.39 is 34.0 Å². The molecule has 0 saturated carbocycles. The molecule has 1 heterocycles. The molecule has 4 nitrogen and oxygen atoms in total. The van der Waals surface area contributed by atoms with Gasteiger partial charge in [0, 0.05) is 0 Å². The Morgan fingerprint density at radius 1 is 1.60 bits per heavy atom. The predicted octanol–water partition coefficient (Wildman–Crippen LogP) is 1.56. The van der Waals surface area contributed by atoms with Crippen LogP contribution in [0.15, 0.2) is 10.9 Å². The van der Waals surface area contributed by atoms with Crippen LogP contribution >= 0.6 is 11.6 Å². The molecule has 0 aromatic carbocycles. The molecular formula is C8H3ClF2N2O2. The van der Waals surface area contributed by atoms with Crippen molar-refractivity contribution in [2.45, 2.75) is 6.43 Å². The Morgan fingerprint density at radius 2 is 2.20 bits per heavy atom. The fourth-order valence-corrected chi connectivity index (χ4v) is 1.10. The topological polar surface area (TPSA) is 73.7 Å². The number of rotatable bonds is 2. The number of nitrogens with zero attached hydrogens (tertiary/aromatic N) is 1. The minimum atomic E-state index is -2.99. The monoisotopic (exact) mass is 232 g/mol. The number of halogens is 3. The normalized spacial score (nSPS) is 10.1. The van der Waals surface area contributed by atoms with E-state index in [0.29, 0.717) is 0 Å². The zero-order chi connectivity index (χ0) is 11.6. The first kappa shape index (κ1) is 11.3. The van der Waals surface area contributed by atoms with Crippen molar-refractivity contribution in [3.05, 3.63) is 33.2 Å². The molecule has 1 aromatic heterocycles. The molecule has 0 bridgehead atoms. The number of pyridine rings is 1. The van der Waals surface area contributed by atoms with Gasteiger partial charge in [-0.3, -0.25) is 9.59 Å². The van der Waals surface area contributed by atoms with Crippen LogP contribution in [-0.4, -0.2) is 10.2 Å². The first-order valence-electron chi connectivity index (χ1n) is 3.62. The Kier molecular flexibility index (Phi) is 3.17. The molecule has 0 amide bonds. The lowest BCUT2D eigenvalue weighted by molar-refractivity contribution is 0.107. The first-order valence-corrected chi connectivity index (χ1v) is 4.00. The molecule has 0 aliphatic heterocycles. The average molecular weight is 233 g/mol. The lowest BCUT2D eigenvalue weighted by atomic mass is 10.1. The first-order chi connectivity index (χ1) is 6.97. The molecule has 0 aliphatic rings. The quantitative estimate of drug-likeness (QED) is 0.787. The summed E-state index contributed by atoms with van der Waals surface area (Å²) in [6.45, 7) is 0. The molecule has 0 atom stereocenters. The second-order valence-electron chi connectivity index (χ2n) is 2.53. The third-order valence-corrected chi connectivity index (χ3v) is 1.83. The number of nitrogens with one attached hydrogen (secondary N) is 1. The molecule has 1 aromatic rings. The molecule has 1 N–H and O–H groups in total. The van der Waals surface area contributed by atoms with Gasteiger partial charge in [-0.2, -0.15) is 5.26 Å². The van der Waals surface area contributed by atoms with Crippen LogP contribution in [0.25, 0.3) is 0 Å². The van der Waals surface area contributed by atoms with Gasteiger partial charge in [-0.05, 0) is 17.7 Å². The fraction of sp³-hybridized carbons (Fsp3) is 0.125. The molecule has 0 unspecified atom stereocenters. The second-order valence-corrected chi connectivity index (χ2v) is 2.87. The van der Waals surface area contributed by atoms with Crippen LogP contribution < -0.4 is 5.56 Å². The van der Waals surface area contributed by atoms with Crippen LogP contribution in [0.5, 0.6) is 0 Å². The summed E-state index contributed by atoms with van der Waals surface area (Å²) in [4.78, 5) is 23.5. The Hall–Kier alpha value is -1.74. The molecule has 0 spiro atoms. The highest BCUT2D eigenvalue weighted by Crippen LogP contribution is 2.19. The van der Waals surface area contributed by atoms with Crippen LogP contribution in [0.2, 0.25) is 0 Å². The number of nitriles is 1. The van der Waals surface area contributed by atoms with Gasteiger partial charge in [-0.15, -0.1) is 0 Å². The maximum Gasteiger partial charge on any atom is 0.279 e. The summed E-state index contributed by atoms with van der Waals surface area (Å²) in [5.41, 5.74) is -2.86. The van der Waals surface area contributed by atoms with Crippen LogP contribution in [-0.2, 0) is 0 Å². The number of H-pyrrole nitrogens is 1. The third kappa shape index (κ3) is 2.19. The van der Waals surface area contributed by atoms with Gasteiger partial charge in [0.2, 0.25) is 0 Å². The van der Waals surface area contributed by atoms with Crippen molar-refractivity contribution in [1.82, 2.24) is 4.98 Å². The summed E-state index contributed by atoms with van der Waals surface area (Å²) in [6, 6.07) is 2.18. The summed E-state index contributed by atoms with van der Waals surface area (Å²) in [7, 11) is 0. The maximum atomic E-state index is 12.3. The second kappa shape index (κ2) is 4.19. The zero-order valence-corrected chi connectivity index (χ0v) is 7.81. The van der Waals surface area contributed by atoms with Gasteiger partial charge in [-0.1, -0.05) is 0 Å². The fourth-order valence-electron chi connectivity index (χ4n) is 0.955. The van der Waals surface area contributed by atoms with E-state index in [1.165, 1.54) is 6.07 Å². The van der Waals surface area contributed by atoms with Crippen molar-refractivity contribution in [1.29, 1.82) is 5.26 Å². The molecule has 0 aliphatic carbocycles. The number of aromatic nitrogens is 1.